The standard InChI is InChI=1S/C13H14FNO3/c1-9(14)12(16)15-11(8-18-13(15)17)7-10-5-3-2-4-6-10/h2-6,9,11H,7-8H2,1H3/t9?,11-/m1/s1. The maximum absolute atomic E-state index is 13.0. The van der Waals surface area contributed by atoms with Crippen LogP contribution < -0.4 is 0 Å². The van der Waals surface area contributed by atoms with E-state index in [1.165, 1.54) is 0 Å². The minimum atomic E-state index is -1.70. The second kappa shape index (κ2) is 5.16. The van der Waals surface area contributed by atoms with Gasteiger partial charge in [-0.1, -0.05) is 30.3 Å². The molecule has 5 heteroatoms. The molecule has 1 saturated heterocycles. The van der Waals surface area contributed by atoms with Crippen molar-refractivity contribution in [3.05, 3.63) is 35.9 Å². The molecule has 1 aliphatic heterocycles. The normalized spacial score (nSPS) is 20.7. The molecule has 2 rings (SSSR count). The smallest absolute Gasteiger partial charge is 0.417 e. The van der Waals surface area contributed by atoms with Crippen molar-refractivity contribution in [3.8, 4) is 0 Å². The highest BCUT2D eigenvalue weighted by atomic mass is 19.1. The van der Waals surface area contributed by atoms with Gasteiger partial charge in [0.2, 0.25) is 0 Å². The van der Waals surface area contributed by atoms with Crippen molar-refractivity contribution in [2.24, 2.45) is 0 Å². The molecule has 1 aromatic rings. The molecular formula is C13H14FNO3. The van der Waals surface area contributed by atoms with Gasteiger partial charge in [0.25, 0.3) is 5.91 Å². The van der Waals surface area contributed by atoms with Gasteiger partial charge in [0.15, 0.2) is 6.17 Å². The third kappa shape index (κ3) is 2.50. The average Bonchev–Trinajstić information content (AvgIpc) is 2.71. The first-order valence-corrected chi connectivity index (χ1v) is 5.77. The number of hydrogen-bond donors (Lipinski definition) is 0. The quantitative estimate of drug-likeness (QED) is 0.824. The number of cyclic esters (lactones) is 1. The molecule has 0 N–H and O–H groups in total. The van der Waals surface area contributed by atoms with Crippen molar-refractivity contribution >= 4 is 12.0 Å². The molecule has 96 valence electrons. The summed E-state index contributed by atoms with van der Waals surface area (Å²) in [6.45, 7) is 1.24. The maximum atomic E-state index is 13.0. The summed E-state index contributed by atoms with van der Waals surface area (Å²) in [6.07, 6.45) is -1.98. The lowest BCUT2D eigenvalue weighted by Gasteiger charge is -2.20. The number of carbonyl (C=O) groups excluding carboxylic acids is 2. The molecular weight excluding hydrogens is 237 g/mol. The van der Waals surface area contributed by atoms with Gasteiger partial charge in [0, 0.05) is 0 Å². The molecule has 0 aromatic heterocycles. The van der Waals surface area contributed by atoms with Crippen LogP contribution in [0.4, 0.5) is 9.18 Å². The number of imide groups is 1. The van der Waals surface area contributed by atoms with Gasteiger partial charge in [-0.3, -0.25) is 4.79 Å². The van der Waals surface area contributed by atoms with Gasteiger partial charge in [0.05, 0.1) is 6.04 Å². The minimum Gasteiger partial charge on any atom is -0.447 e. The number of amides is 2. The number of benzene rings is 1. The van der Waals surface area contributed by atoms with Crippen LogP contribution in [-0.4, -0.2) is 35.7 Å². The van der Waals surface area contributed by atoms with E-state index in [1.54, 1.807) is 0 Å². The van der Waals surface area contributed by atoms with Gasteiger partial charge < -0.3 is 4.74 Å². The molecule has 2 amide bonds. The fourth-order valence-electron chi connectivity index (χ4n) is 1.96. The van der Waals surface area contributed by atoms with Crippen LogP contribution in [0.5, 0.6) is 0 Å². The molecule has 0 bridgehead atoms. The van der Waals surface area contributed by atoms with Crippen LogP contribution in [0.1, 0.15) is 12.5 Å². The SMILES string of the molecule is CC(F)C(=O)N1C(=O)OC[C@H]1Cc1ccccc1. The van der Waals surface area contributed by atoms with Crippen molar-refractivity contribution in [2.45, 2.75) is 25.6 Å². The van der Waals surface area contributed by atoms with Gasteiger partial charge >= 0.3 is 6.09 Å². The summed E-state index contributed by atoms with van der Waals surface area (Å²) >= 11 is 0. The zero-order chi connectivity index (χ0) is 13.1. The van der Waals surface area contributed by atoms with Crippen molar-refractivity contribution in [3.63, 3.8) is 0 Å². The predicted octanol–water partition coefficient (Wildman–Crippen LogP) is 1.93. The molecule has 0 aliphatic carbocycles. The van der Waals surface area contributed by atoms with Crippen LogP contribution in [0.25, 0.3) is 0 Å². The highest BCUT2D eigenvalue weighted by molar-refractivity contribution is 5.95. The number of carbonyl (C=O) groups is 2. The highest BCUT2D eigenvalue weighted by Crippen LogP contribution is 2.18. The number of hydrogen-bond acceptors (Lipinski definition) is 3. The Kier molecular flexibility index (Phi) is 3.60. The number of nitrogens with zero attached hydrogens (tertiary/aromatic N) is 1. The molecule has 1 fully saturated rings. The Labute approximate surface area is 104 Å². The molecule has 2 atom stereocenters. The van der Waals surface area contributed by atoms with Crippen LogP contribution in [0, 0.1) is 0 Å². The lowest BCUT2D eigenvalue weighted by atomic mass is 10.1. The lowest BCUT2D eigenvalue weighted by molar-refractivity contribution is -0.133. The number of halogens is 1. The fourth-order valence-corrected chi connectivity index (χ4v) is 1.96. The van der Waals surface area contributed by atoms with E-state index in [9.17, 15) is 14.0 Å². The fraction of sp³-hybridized carbons (Fsp3) is 0.385. The van der Waals surface area contributed by atoms with Crippen molar-refractivity contribution in [1.82, 2.24) is 4.90 Å². The van der Waals surface area contributed by atoms with Crippen molar-refractivity contribution in [1.29, 1.82) is 0 Å². The largest absolute Gasteiger partial charge is 0.447 e. The van der Waals surface area contributed by atoms with Crippen molar-refractivity contribution in [2.75, 3.05) is 6.61 Å². The van der Waals surface area contributed by atoms with Crippen molar-refractivity contribution < 1.29 is 18.7 Å². The average molecular weight is 251 g/mol. The molecule has 1 heterocycles. The minimum absolute atomic E-state index is 0.117. The molecule has 18 heavy (non-hydrogen) atoms. The Balaban J connectivity index is 2.12. The van der Waals surface area contributed by atoms with Gasteiger partial charge in [-0.25, -0.2) is 14.1 Å². The van der Waals surface area contributed by atoms with E-state index >= 15 is 0 Å². The Morgan fingerprint density at radius 3 is 2.78 bits per heavy atom. The summed E-state index contributed by atoms with van der Waals surface area (Å²) in [7, 11) is 0. The zero-order valence-electron chi connectivity index (χ0n) is 10.0. The third-order valence-corrected chi connectivity index (χ3v) is 2.85. The Morgan fingerprint density at radius 1 is 1.50 bits per heavy atom. The van der Waals surface area contributed by atoms with E-state index < -0.39 is 24.2 Å². The Bertz CT molecular complexity index is 447. The first-order valence-electron chi connectivity index (χ1n) is 5.77. The summed E-state index contributed by atoms with van der Waals surface area (Å²) in [4.78, 5) is 23.9. The monoisotopic (exact) mass is 251 g/mol. The number of rotatable bonds is 3. The van der Waals surface area contributed by atoms with E-state index in [4.69, 9.17) is 4.74 Å². The van der Waals surface area contributed by atoms with Gasteiger partial charge in [-0.15, -0.1) is 0 Å². The number of ether oxygens (including phenoxy) is 1. The van der Waals surface area contributed by atoms with E-state index in [0.29, 0.717) is 6.42 Å². The molecule has 4 nitrogen and oxygen atoms in total. The van der Waals surface area contributed by atoms with Crippen LogP contribution in [-0.2, 0) is 16.0 Å². The summed E-state index contributed by atoms with van der Waals surface area (Å²) in [5.74, 6) is -0.835. The topological polar surface area (TPSA) is 46.6 Å². The first-order chi connectivity index (χ1) is 8.59. The second-order valence-electron chi connectivity index (χ2n) is 4.24. The highest BCUT2D eigenvalue weighted by Gasteiger charge is 2.39. The first kappa shape index (κ1) is 12.5. The molecule has 1 aliphatic rings. The van der Waals surface area contributed by atoms with Gasteiger partial charge in [0.1, 0.15) is 6.61 Å². The molecule has 0 saturated carbocycles. The van der Waals surface area contributed by atoms with E-state index in [0.717, 1.165) is 17.4 Å². The van der Waals surface area contributed by atoms with Crippen LogP contribution >= 0.6 is 0 Å². The Hall–Kier alpha value is -1.91. The van der Waals surface area contributed by atoms with Gasteiger partial charge in [-0.2, -0.15) is 0 Å². The molecule has 1 unspecified atom stereocenters. The van der Waals surface area contributed by atoms with Crippen LogP contribution in [0.2, 0.25) is 0 Å². The van der Waals surface area contributed by atoms with E-state index in [1.807, 2.05) is 30.3 Å². The van der Waals surface area contributed by atoms with E-state index in [-0.39, 0.29) is 6.61 Å². The zero-order valence-corrected chi connectivity index (χ0v) is 10.0. The van der Waals surface area contributed by atoms with Crippen LogP contribution in [0.3, 0.4) is 0 Å². The lowest BCUT2D eigenvalue weighted by Crippen LogP contribution is -2.43. The van der Waals surface area contributed by atoms with E-state index in [2.05, 4.69) is 0 Å². The summed E-state index contributed by atoms with van der Waals surface area (Å²) in [6, 6.07) is 8.99. The second-order valence-corrected chi connectivity index (χ2v) is 4.24. The number of alkyl halides is 1. The molecule has 1 aromatic carbocycles. The molecule has 0 radical (unpaired) electrons. The summed E-state index contributed by atoms with van der Waals surface area (Å²) < 4.78 is 17.9. The predicted molar refractivity (Wildman–Crippen MR) is 62.7 cm³/mol. The molecule has 0 spiro atoms. The third-order valence-electron chi connectivity index (χ3n) is 2.85. The maximum Gasteiger partial charge on any atom is 0.417 e. The van der Waals surface area contributed by atoms with Crippen LogP contribution in [0.15, 0.2) is 30.3 Å². The summed E-state index contributed by atoms with van der Waals surface area (Å²) in [5.41, 5.74) is 0.977. The van der Waals surface area contributed by atoms with Gasteiger partial charge in [-0.05, 0) is 18.9 Å². The Morgan fingerprint density at radius 2 is 2.17 bits per heavy atom. The summed E-state index contributed by atoms with van der Waals surface area (Å²) in [5, 5.41) is 0.